The molecule has 3 unspecified atom stereocenters. The number of nitrogens with one attached hydrogen (secondary N) is 4. The van der Waals surface area contributed by atoms with Gasteiger partial charge in [0.05, 0.1) is 30.6 Å². The molecule has 0 bridgehead atoms. The molecule has 1 aliphatic carbocycles. The Morgan fingerprint density at radius 1 is 1.29 bits per heavy atom. The van der Waals surface area contributed by atoms with Gasteiger partial charge < -0.3 is 15.5 Å². The molecule has 4 rings (SSSR count). The highest BCUT2D eigenvalue weighted by molar-refractivity contribution is 6.02. The van der Waals surface area contributed by atoms with Gasteiger partial charge in [-0.2, -0.15) is 0 Å². The molecule has 2 heterocycles. The second-order valence-electron chi connectivity index (χ2n) is 6.98. The predicted molar refractivity (Wildman–Crippen MR) is 91.2 cm³/mol. The van der Waals surface area contributed by atoms with Crippen molar-refractivity contribution in [2.75, 3.05) is 23.3 Å². The lowest BCUT2D eigenvalue weighted by atomic mass is 9.97. The zero-order chi connectivity index (χ0) is 16.7. The number of amides is 2. The standard InChI is InChI=1S/C17H23N5O2/c1-10-16(11-6-7-11)20-21-17(10)19-15(24)9-22-8-14(23)18-12-4-2-3-5-13(12)22/h2-5,10-11,16-17,20-21H,6-9H2,1H3,(H,18,23)(H,19,24). The van der Waals surface area contributed by atoms with E-state index >= 15 is 0 Å². The molecule has 0 aromatic heterocycles. The molecule has 7 nitrogen and oxygen atoms in total. The van der Waals surface area contributed by atoms with Crippen LogP contribution in [0.5, 0.6) is 0 Å². The molecular weight excluding hydrogens is 306 g/mol. The molecule has 2 fully saturated rings. The second-order valence-corrected chi connectivity index (χ2v) is 6.98. The number of nitrogens with zero attached hydrogens (tertiary/aromatic N) is 1. The third-order valence-corrected chi connectivity index (χ3v) is 5.13. The van der Waals surface area contributed by atoms with E-state index in [0.717, 1.165) is 17.3 Å². The van der Waals surface area contributed by atoms with Crippen molar-refractivity contribution in [3.8, 4) is 0 Å². The minimum atomic E-state index is -0.0932. The quantitative estimate of drug-likeness (QED) is 0.643. The Bertz CT molecular complexity index is 660. The fourth-order valence-corrected chi connectivity index (χ4v) is 3.66. The van der Waals surface area contributed by atoms with Crippen LogP contribution in [0.1, 0.15) is 19.8 Å². The Labute approximate surface area is 141 Å². The first-order valence-electron chi connectivity index (χ1n) is 8.56. The van der Waals surface area contributed by atoms with E-state index in [9.17, 15) is 9.59 Å². The third-order valence-electron chi connectivity index (χ3n) is 5.13. The van der Waals surface area contributed by atoms with E-state index in [1.165, 1.54) is 12.8 Å². The number of carbonyl (C=O) groups is 2. The summed E-state index contributed by atoms with van der Waals surface area (Å²) in [5, 5.41) is 5.88. The molecule has 2 aliphatic heterocycles. The fraction of sp³-hybridized carbons (Fsp3) is 0.529. The minimum Gasteiger partial charge on any atom is -0.351 e. The van der Waals surface area contributed by atoms with Crippen LogP contribution < -0.4 is 26.4 Å². The number of rotatable bonds is 4. The number of hydrogen-bond acceptors (Lipinski definition) is 5. The molecule has 1 saturated heterocycles. The SMILES string of the molecule is CC1C(NC(=O)CN2CC(=O)Nc3ccccc32)NNC1C1CC1. The topological polar surface area (TPSA) is 85.5 Å². The molecule has 128 valence electrons. The highest BCUT2D eigenvalue weighted by atomic mass is 16.2. The number of hydrazine groups is 1. The van der Waals surface area contributed by atoms with Gasteiger partial charge in [0.15, 0.2) is 0 Å². The van der Waals surface area contributed by atoms with Gasteiger partial charge in [0.2, 0.25) is 11.8 Å². The maximum absolute atomic E-state index is 12.5. The Hall–Kier alpha value is -2.12. The summed E-state index contributed by atoms with van der Waals surface area (Å²) in [6.07, 6.45) is 2.46. The molecule has 3 aliphatic rings. The number of anilines is 2. The number of benzene rings is 1. The summed E-state index contributed by atoms with van der Waals surface area (Å²) < 4.78 is 0. The number of fused-ring (bicyclic) bond motifs is 1. The average molecular weight is 329 g/mol. The van der Waals surface area contributed by atoms with Gasteiger partial charge in [-0.3, -0.25) is 15.0 Å². The van der Waals surface area contributed by atoms with Crippen LogP contribution in [-0.4, -0.2) is 37.1 Å². The first-order chi connectivity index (χ1) is 11.6. The maximum Gasteiger partial charge on any atom is 0.243 e. The van der Waals surface area contributed by atoms with Crippen molar-refractivity contribution in [3.05, 3.63) is 24.3 Å². The van der Waals surface area contributed by atoms with Crippen molar-refractivity contribution < 1.29 is 9.59 Å². The van der Waals surface area contributed by atoms with E-state index in [2.05, 4.69) is 28.4 Å². The zero-order valence-electron chi connectivity index (χ0n) is 13.7. The highest BCUT2D eigenvalue weighted by Gasteiger charge is 2.42. The van der Waals surface area contributed by atoms with Crippen LogP contribution in [0.4, 0.5) is 11.4 Å². The van der Waals surface area contributed by atoms with Crippen molar-refractivity contribution in [2.24, 2.45) is 11.8 Å². The van der Waals surface area contributed by atoms with Crippen LogP contribution in [0.2, 0.25) is 0 Å². The van der Waals surface area contributed by atoms with Crippen molar-refractivity contribution in [1.82, 2.24) is 16.2 Å². The summed E-state index contributed by atoms with van der Waals surface area (Å²) in [6, 6.07) is 7.98. The van der Waals surface area contributed by atoms with E-state index in [1.54, 1.807) is 0 Å². The van der Waals surface area contributed by atoms with Gasteiger partial charge in [-0.25, -0.2) is 5.43 Å². The van der Waals surface area contributed by atoms with Crippen molar-refractivity contribution in [1.29, 1.82) is 0 Å². The monoisotopic (exact) mass is 329 g/mol. The molecule has 24 heavy (non-hydrogen) atoms. The Kier molecular flexibility index (Phi) is 3.90. The third kappa shape index (κ3) is 2.97. The van der Waals surface area contributed by atoms with Crippen molar-refractivity contribution >= 4 is 23.2 Å². The van der Waals surface area contributed by atoms with Gasteiger partial charge in [-0.15, -0.1) is 0 Å². The van der Waals surface area contributed by atoms with Gasteiger partial charge in [-0.1, -0.05) is 19.1 Å². The first kappa shape index (κ1) is 15.4. The minimum absolute atomic E-state index is 0.0723. The highest BCUT2D eigenvalue weighted by Crippen LogP contribution is 2.37. The van der Waals surface area contributed by atoms with Crippen LogP contribution in [0, 0.1) is 11.8 Å². The van der Waals surface area contributed by atoms with Gasteiger partial charge in [0.1, 0.15) is 0 Å². The lowest BCUT2D eigenvalue weighted by molar-refractivity contribution is -0.121. The first-order valence-corrected chi connectivity index (χ1v) is 8.56. The smallest absolute Gasteiger partial charge is 0.243 e. The van der Waals surface area contributed by atoms with E-state index < -0.39 is 0 Å². The summed E-state index contributed by atoms with van der Waals surface area (Å²) >= 11 is 0. The Morgan fingerprint density at radius 2 is 2.08 bits per heavy atom. The molecule has 1 saturated carbocycles. The van der Waals surface area contributed by atoms with Crippen LogP contribution in [0.3, 0.4) is 0 Å². The predicted octanol–water partition coefficient (Wildman–Crippen LogP) is 0.410. The van der Waals surface area contributed by atoms with Crippen LogP contribution in [0.25, 0.3) is 0 Å². The molecule has 1 aromatic rings. The molecular formula is C17H23N5O2. The fourth-order valence-electron chi connectivity index (χ4n) is 3.66. The largest absolute Gasteiger partial charge is 0.351 e. The molecule has 1 aromatic carbocycles. The lowest BCUT2D eigenvalue weighted by Crippen LogP contribution is -2.51. The molecule has 7 heteroatoms. The number of carbonyl (C=O) groups excluding carboxylic acids is 2. The van der Waals surface area contributed by atoms with E-state index in [4.69, 9.17) is 0 Å². The number of para-hydroxylation sites is 2. The lowest BCUT2D eigenvalue weighted by Gasteiger charge is -2.30. The van der Waals surface area contributed by atoms with Gasteiger partial charge in [0.25, 0.3) is 0 Å². The van der Waals surface area contributed by atoms with Crippen LogP contribution in [-0.2, 0) is 9.59 Å². The van der Waals surface area contributed by atoms with Crippen molar-refractivity contribution in [3.63, 3.8) is 0 Å². The summed E-state index contributed by atoms with van der Waals surface area (Å²) in [6.45, 7) is 2.52. The zero-order valence-corrected chi connectivity index (χ0v) is 13.7. The van der Waals surface area contributed by atoms with Crippen molar-refractivity contribution in [2.45, 2.75) is 32.0 Å². The summed E-state index contributed by atoms with van der Waals surface area (Å²) in [7, 11) is 0. The summed E-state index contributed by atoms with van der Waals surface area (Å²) in [5.41, 5.74) is 8.14. The van der Waals surface area contributed by atoms with Crippen LogP contribution in [0.15, 0.2) is 24.3 Å². The molecule has 3 atom stereocenters. The Balaban J connectivity index is 1.39. The van der Waals surface area contributed by atoms with Crippen LogP contribution >= 0.6 is 0 Å². The average Bonchev–Trinajstić information content (AvgIpc) is 3.33. The van der Waals surface area contributed by atoms with E-state index in [0.29, 0.717) is 12.0 Å². The Morgan fingerprint density at radius 3 is 2.88 bits per heavy atom. The molecule has 4 N–H and O–H groups in total. The molecule has 0 radical (unpaired) electrons. The van der Waals surface area contributed by atoms with Gasteiger partial charge >= 0.3 is 0 Å². The maximum atomic E-state index is 12.5. The van der Waals surface area contributed by atoms with E-state index in [-0.39, 0.29) is 31.1 Å². The van der Waals surface area contributed by atoms with Gasteiger partial charge in [-0.05, 0) is 30.9 Å². The van der Waals surface area contributed by atoms with E-state index in [1.807, 2.05) is 29.2 Å². The normalized spacial score (nSPS) is 29.1. The number of hydrogen-bond donors (Lipinski definition) is 4. The summed E-state index contributed by atoms with van der Waals surface area (Å²) in [5.74, 6) is 0.900. The molecule has 0 spiro atoms. The molecule has 2 amide bonds. The second kappa shape index (κ2) is 6.07. The summed E-state index contributed by atoms with van der Waals surface area (Å²) in [4.78, 5) is 26.1. The van der Waals surface area contributed by atoms with Gasteiger partial charge in [0, 0.05) is 12.0 Å².